The van der Waals surface area contributed by atoms with Crippen molar-refractivity contribution in [2.24, 2.45) is 0 Å². The highest BCUT2D eigenvalue weighted by Crippen LogP contribution is 2.38. The molecule has 4 aromatic rings. The van der Waals surface area contributed by atoms with Gasteiger partial charge in [-0.25, -0.2) is 13.8 Å². The van der Waals surface area contributed by atoms with E-state index in [2.05, 4.69) is 14.9 Å². The Morgan fingerprint density at radius 3 is 2.55 bits per heavy atom. The number of rotatable bonds is 8. The molecule has 2 aliphatic rings. The first-order chi connectivity index (χ1) is 20.4. The Labute approximate surface area is 240 Å². The number of hydrogen-bond acceptors (Lipinski definition) is 8. The van der Waals surface area contributed by atoms with Crippen molar-refractivity contribution in [3.8, 4) is 23.1 Å². The minimum Gasteiger partial charge on any atom is -0.491 e. The number of carbonyl (C=O) groups is 2. The predicted octanol–water partition coefficient (Wildman–Crippen LogP) is 5.55. The van der Waals surface area contributed by atoms with Crippen LogP contribution in [0.5, 0.6) is 23.1 Å². The van der Waals surface area contributed by atoms with Gasteiger partial charge in [-0.1, -0.05) is 18.2 Å². The highest BCUT2D eigenvalue weighted by Gasteiger charge is 2.39. The van der Waals surface area contributed by atoms with E-state index in [9.17, 15) is 14.0 Å². The van der Waals surface area contributed by atoms with Crippen LogP contribution in [0.4, 0.5) is 8.78 Å². The first-order valence-electron chi connectivity index (χ1n) is 13.5. The largest absolute Gasteiger partial charge is 0.491 e. The summed E-state index contributed by atoms with van der Waals surface area (Å²) in [7, 11) is 2.94. The minimum atomic E-state index is -0.676. The Hall–Kier alpha value is -4.86. The maximum Gasteiger partial charge on any atom is 0.257 e. The summed E-state index contributed by atoms with van der Waals surface area (Å²) in [6, 6.07) is 13.3. The van der Waals surface area contributed by atoms with E-state index in [4.69, 9.17) is 14.2 Å². The van der Waals surface area contributed by atoms with E-state index in [-0.39, 0.29) is 40.9 Å². The molecule has 0 amide bonds. The van der Waals surface area contributed by atoms with Crippen molar-refractivity contribution in [1.29, 1.82) is 0 Å². The van der Waals surface area contributed by atoms with Crippen LogP contribution in [0, 0.1) is 11.6 Å². The van der Waals surface area contributed by atoms with Crippen LogP contribution in [-0.2, 0) is 16.0 Å². The Balaban J connectivity index is 1.24. The summed E-state index contributed by atoms with van der Waals surface area (Å²) in [5, 5.41) is 0. The third-order valence-corrected chi connectivity index (χ3v) is 7.63. The number of Topliss-reactive ketones (excluding diaryl/α,β-unsaturated/α-hetero) is 2. The fourth-order valence-corrected chi connectivity index (χ4v) is 5.60. The molecule has 2 aliphatic heterocycles. The average molecular weight is 572 g/mol. The van der Waals surface area contributed by atoms with Gasteiger partial charge < -0.3 is 19.1 Å². The summed E-state index contributed by atoms with van der Waals surface area (Å²) in [5.41, 5.74) is 2.80. The topological polar surface area (TPSA) is 90.9 Å². The van der Waals surface area contributed by atoms with Gasteiger partial charge in [-0.3, -0.25) is 14.6 Å². The van der Waals surface area contributed by atoms with Crippen LogP contribution < -0.4 is 14.2 Å². The smallest absolute Gasteiger partial charge is 0.257 e. The number of ketones is 2. The minimum absolute atomic E-state index is 0.0654. The Morgan fingerprint density at radius 2 is 1.81 bits per heavy atom. The molecular formula is C32H27F2N3O5. The van der Waals surface area contributed by atoms with Gasteiger partial charge >= 0.3 is 0 Å². The van der Waals surface area contributed by atoms with Crippen molar-refractivity contribution in [3.63, 3.8) is 0 Å². The fraction of sp³-hybridized carbons (Fsp3) is 0.250. The number of allylic oxidation sites excluding steroid dienone is 2. The van der Waals surface area contributed by atoms with Crippen molar-refractivity contribution in [1.82, 2.24) is 14.9 Å². The van der Waals surface area contributed by atoms with Crippen LogP contribution in [0.2, 0.25) is 0 Å². The van der Waals surface area contributed by atoms with E-state index < -0.39 is 17.6 Å². The summed E-state index contributed by atoms with van der Waals surface area (Å²) in [6.07, 6.45) is 2.84. The van der Waals surface area contributed by atoms with Gasteiger partial charge in [-0.05, 0) is 48.2 Å². The van der Waals surface area contributed by atoms with Gasteiger partial charge in [0.15, 0.2) is 34.6 Å². The van der Waals surface area contributed by atoms with Crippen molar-refractivity contribution in [2.75, 3.05) is 27.3 Å². The van der Waals surface area contributed by atoms with Gasteiger partial charge in [0.2, 0.25) is 0 Å². The van der Waals surface area contributed by atoms with Gasteiger partial charge in [-0.15, -0.1) is 0 Å². The van der Waals surface area contributed by atoms with Crippen molar-refractivity contribution < 1.29 is 32.6 Å². The Morgan fingerprint density at radius 1 is 1.00 bits per heavy atom. The molecule has 2 aromatic heterocycles. The number of pyridine rings is 2. The molecule has 0 N–H and O–H groups in total. The molecule has 1 atom stereocenters. The first-order valence-corrected chi connectivity index (χ1v) is 13.5. The molecule has 1 saturated heterocycles. The van der Waals surface area contributed by atoms with Crippen LogP contribution in [0.15, 0.2) is 72.1 Å². The second-order valence-corrected chi connectivity index (χ2v) is 10.2. The molecule has 10 heteroatoms. The molecular weight excluding hydrogens is 544 g/mol. The van der Waals surface area contributed by atoms with Crippen molar-refractivity contribution in [2.45, 2.75) is 25.2 Å². The lowest BCUT2D eigenvalue weighted by atomic mass is 9.83. The molecule has 0 saturated carbocycles. The standard InChI is InChI=1S/C32H27F2N3O5/c1-40-28-16-23-30(36-32(28)41-2)27(11-12-35-23)42-26-10-5-18(14-22(26)34)15-25(38)29-24-4-3-13-37(24)17-21(31(29)39)19-6-8-20(33)9-7-19/h5-12,14,16,21H,3-4,13,15,17H2,1-2H3. The summed E-state index contributed by atoms with van der Waals surface area (Å²) in [5.74, 6) is -1.46. The van der Waals surface area contributed by atoms with Gasteiger partial charge in [-0.2, -0.15) is 0 Å². The van der Waals surface area contributed by atoms with E-state index in [1.807, 2.05) is 0 Å². The third-order valence-electron chi connectivity index (χ3n) is 7.63. The third kappa shape index (κ3) is 5.04. The quantitative estimate of drug-likeness (QED) is 0.255. The zero-order valence-corrected chi connectivity index (χ0v) is 23.0. The molecule has 42 heavy (non-hydrogen) atoms. The van der Waals surface area contributed by atoms with E-state index >= 15 is 4.39 Å². The summed E-state index contributed by atoms with van der Waals surface area (Å²) >= 11 is 0. The number of benzene rings is 2. The van der Waals surface area contributed by atoms with Crippen LogP contribution in [0.3, 0.4) is 0 Å². The lowest BCUT2D eigenvalue weighted by Gasteiger charge is -2.33. The van der Waals surface area contributed by atoms with E-state index in [1.54, 1.807) is 30.3 Å². The second kappa shape index (κ2) is 11.2. The monoisotopic (exact) mass is 571 g/mol. The number of hydrogen-bond donors (Lipinski definition) is 0. The molecule has 8 nitrogen and oxygen atoms in total. The lowest BCUT2D eigenvalue weighted by molar-refractivity contribution is -0.123. The normalized spacial score (nSPS) is 16.5. The fourth-order valence-electron chi connectivity index (χ4n) is 5.60. The highest BCUT2D eigenvalue weighted by molar-refractivity contribution is 6.23. The molecule has 2 aromatic carbocycles. The van der Waals surface area contributed by atoms with Gasteiger partial charge in [0.1, 0.15) is 11.3 Å². The number of halogens is 2. The number of carbonyl (C=O) groups excluding carboxylic acids is 2. The second-order valence-electron chi connectivity index (χ2n) is 10.2. The zero-order chi connectivity index (χ0) is 29.4. The molecule has 1 unspecified atom stereocenters. The highest BCUT2D eigenvalue weighted by atomic mass is 19.1. The number of nitrogens with zero attached hydrogens (tertiary/aromatic N) is 3. The van der Waals surface area contributed by atoms with Gasteiger partial charge in [0.05, 0.1) is 31.2 Å². The maximum atomic E-state index is 15.3. The summed E-state index contributed by atoms with van der Waals surface area (Å²) in [6.45, 7) is 1.20. The average Bonchev–Trinajstić information content (AvgIpc) is 3.46. The molecule has 4 heterocycles. The molecule has 0 spiro atoms. The van der Waals surface area contributed by atoms with Crippen LogP contribution >= 0.6 is 0 Å². The van der Waals surface area contributed by atoms with E-state index in [0.29, 0.717) is 40.9 Å². The van der Waals surface area contributed by atoms with Gasteiger partial charge in [0.25, 0.3) is 5.88 Å². The number of aromatic nitrogens is 2. The molecule has 214 valence electrons. The summed E-state index contributed by atoms with van der Waals surface area (Å²) < 4.78 is 45.2. The van der Waals surface area contributed by atoms with Crippen molar-refractivity contribution >= 4 is 22.6 Å². The Kier molecular flexibility index (Phi) is 7.28. The molecule has 6 rings (SSSR count). The number of fused-ring (bicyclic) bond motifs is 2. The van der Waals surface area contributed by atoms with Crippen LogP contribution in [0.1, 0.15) is 29.9 Å². The SMILES string of the molecule is COc1cc2nccc(Oc3ccc(CC(=O)C4=C5CCCN5CC(c5ccc(F)cc5)C4=O)cc3F)c2nc1OC. The van der Waals surface area contributed by atoms with Crippen LogP contribution in [-0.4, -0.2) is 53.7 Å². The number of methoxy groups -OCH3 is 2. The predicted molar refractivity (Wildman–Crippen MR) is 150 cm³/mol. The molecule has 0 aliphatic carbocycles. The first kappa shape index (κ1) is 27.3. The maximum absolute atomic E-state index is 15.3. The zero-order valence-electron chi connectivity index (χ0n) is 23.0. The number of ether oxygens (including phenoxy) is 3. The molecule has 0 bridgehead atoms. The van der Waals surface area contributed by atoms with E-state index in [0.717, 1.165) is 18.7 Å². The molecule has 0 radical (unpaired) electrons. The summed E-state index contributed by atoms with van der Waals surface area (Å²) in [4.78, 5) is 37.9. The lowest BCUT2D eigenvalue weighted by Crippen LogP contribution is -2.38. The van der Waals surface area contributed by atoms with E-state index in [1.165, 1.54) is 44.7 Å². The van der Waals surface area contributed by atoms with Crippen LogP contribution in [0.25, 0.3) is 11.0 Å². The van der Waals surface area contributed by atoms with Gasteiger partial charge in [0, 0.05) is 43.5 Å². The Bertz CT molecular complexity index is 1740. The van der Waals surface area contributed by atoms with Crippen molar-refractivity contribution in [3.05, 3.63) is 94.8 Å². The molecule has 1 fully saturated rings.